The molecule has 0 saturated heterocycles. The van der Waals surface area contributed by atoms with Crippen molar-refractivity contribution in [1.29, 1.82) is 0 Å². The maximum Gasteiger partial charge on any atom is 0.407 e. The molecule has 7 nitrogen and oxygen atoms in total. The van der Waals surface area contributed by atoms with E-state index in [1.807, 2.05) is 38.1 Å². The van der Waals surface area contributed by atoms with Crippen molar-refractivity contribution in [2.24, 2.45) is 11.3 Å². The normalized spacial score (nSPS) is 16.7. The molecule has 1 fully saturated rings. The number of carboxylic acids is 1. The van der Waals surface area contributed by atoms with Gasteiger partial charge in [-0.1, -0.05) is 68.8 Å². The average Bonchev–Trinajstić information content (AvgIpc) is 3.11. The molecule has 0 aliphatic heterocycles. The van der Waals surface area contributed by atoms with E-state index in [0.29, 0.717) is 6.54 Å². The van der Waals surface area contributed by atoms with E-state index < -0.39 is 18.1 Å². The SMILES string of the molecule is CC(C)[C@H](NC(=O)OCC1c2ccccc2-c2ccccc21)C(=O)NCC1(CC(=O)O)CCC1. The minimum Gasteiger partial charge on any atom is -0.481 e. The summed E-state index contributed by atoms with van der Waals surface area (Å²) >= 11 is 0. The zero-order valence-corrected chi connectivity index (χ0v) is 19.7. The molecule has 34 heavy (non-hydrogen) atoms. The van der Waals surface area contributed by atoms with Crippen molar-refractivity contribution in [3.05, 3.63) is 59.7 Å². The molecule has 0 radical (unpaired) electrons. The van der Waals surface area contributed by atoms with Gasteiger partial charge in [0.1, 0.15) is 12.6 Å². The summed E-state index contributed by atoms with van der Waals surface area (Å²) in [6, 6.07) is 15.5. The first kappa shape index (κ1) is 23.8. The second kappa shape index (κ2) is 9.87. The Kier molecular flexibility index (Phi) is 6.91. The van der Waals surface area contributed by atoms with Gasteiger partial charge in [-0.3, -0.25) is 9.59 Å². The van der Waals surface area contributed by atoms with Gasteiger partial charge >= 0.3 is 12.1 Å². The Labute approximate surface area is 199 Å². The predicted molar refractivity (Wildman–Crippen MR) is 128 cm³/mol. The van der Waals surface area contributed by atoms with Crippen LogP contribution >= 0.6 is 0 Å². The zero-order valence-electron chi connectivity index (χ0n) is 19.7. The minimum absolute atomic E-state index is 0.0411. The average molecular weight is 465 g/mol. The standard InChI is InChI=1S/C27H32N2O5/c1-17(2)24(25(32)28-16-27(12-7-13-27)14-23(30)31)29-26(33)34-15-22-20-10-5-3-8-18(20)19-9-4-6-11-21(19)22/h3-6,8-11,17,22,24H,7,12-16H2,1-2H3,(H,28,32)(H,29,33)(H,30,31)/t24-/m0/s1. The number of benzene rings is 2. The van der Waals surface area contributed by atoms with Crippen molar-refractivity contribution in [2.75, 3.05) is 13.2 Å². The second-order valence-electron chi connectivity index (χ2n) is 9.83. The van der Waals surface area contributed by atoms with Crippen LogP contribution in [0, 0.1) is 11.3 Å². The fourth-order valence-corrected chi connectivity index (χ4v) is 5.10. The number of amides is 2. The van der Waals surface area contributed by atoms with Crippen LogP contribution < -0.4 is 10.6 Å². The molecule has 2 aliphatic rings. The highest BCUT2D eigenvalue weighted by molar-refractivity contribution is 5.86. The van der Waals surface area contributed by atoms with Gasteiger partial charge in [0.25, 0.3) is 0 Å². The van der Waals surface area contributed by atoms with Gasteiger partial charge in [0.05, 0.1) is 6.42 Å². The number of nitrogens with one attached hydrogen (secondary N) is 2. The van der Waals surface area contributed by atoms with Crippen LogP contribution in [0.15, 0.2) is 48.5 Å². The van der Waals surface area contributed by atoms with E-state index in [2.05, 4.69) is 34.9 Å². The second-order valence-corrected chi connectivity index (χ2v) is 9.83. The third kappa shape index (κ3) is 4.93. The van der Waals surface area contributed by atoms with Crippen molar-refractivity contribution < 1.29 is 24.2 Å². The minimum atomic E-state index is -0.855. The molecule has 2 amide bonds. The summed E-state index contributed by atoms with van der Waals surface area (Å²) < 4.78 is 5.59. The molecule has 0 unspecified atom stereocenters. The third-order valence-corrected chi connectivity index (χ3v) is 7.14. The van der Waals surface area contributed by atoms with Gasteiger partial charge < -0.3 is 20.5 Å². The number of ether oxygens (including phenoxy) is 1. The lowest BCUT2D eigenvalue weighted by molar-refractivity contribution is -0.142. The van der Waals surface area contributed by atoms with E-state index >= 15 is 0 Å². The molecule has 180 valence electrons. The van der Waals surface area contributed by atoms with Gasteiger partial charge in [-0.15, -0.1) is 0 Å². The predicted octanol–water partition coefficient (Wildman–Crippen LogP) is 4.31. The lowest BCUT2D eigenvalue weighted by atomic mass is 9.66. The third-order valence-electron chi connectivity index (χ3n) is 7.14. The first-order valence-corrected chi connectivity index (χ1v) is 11.9. The fraction of sp³-hybridized carbons (Fsp3) is 0.444. The molecule has 0 bridgehead atoms. The van der Waals surface area contributed by atoms with E-state index in [1.54, 1.807) is 0 Å². The Morgan fingerprint density at radius 3 is 2.12 bits per heavy atom. The summed E-state index contributed by atoms with van der Waals surface area (Å²) in [4.78, 5) is 36.7. The van der Waals surface area contributed by atoms with Crippen molar-refractivity contribution in [3.63, 3.8) is 0 Å². The van der Waals surface area contributed by atoms with Gasteiger partial charge in [-0.25, -0.2) is 4.79 Å². The lowest BCUT2D eigenvalue weighted by Crippen LogP contribution is -2.53. The molecule has 1 atom stereocenters. The molecule has 0 aromatic heterocycles. The van der Waals surface area contributed by atoms with Crippen molar-refractivity contribution in [1.82, 2.24) is 10.6 Å². The number of alkyl carbamates (subject to hydrolysis) is 1. The van der Waals surface area contributed by atoms with Crippen LogP contribution in [0.1, 0.15) is 56.6 Å². The molecular formula is C27H32N2O5. The fourth-order valence-electron chi connectivity index (χ4n) is 5.10. The van der Waals surface area contributed by atoms with E-state index in [-0.39, 0.29) is 36.2 Å². The van der Waals surface area contributed by atoms with Crippen molar-refractivity contribution >= 4 is 18.0 Å². The van der Waals surface area contributed by atoms with Crippen LogP contribution in [-0.4, -0.2) is 42.3 Å². The maximum atomic E-state index is 12.9. The first-order valence-electron chi connectivity index (χ1n) is 11.9. The highest BCUT2D eigenvalue weighted by atomic mass is 16.5. The number of carbonyl (C=O) groups excluding carboxylic acids is 2. The van der Waals surface area contributed by atoms with Crippen LogP contribution in [0.2, 0.25) is 0 Å². The summed E-state index contributed by atoms with van der Waals surface area (Å²) in [6.07, 6.45) is 1.94. The van der Waals surface area contributed by atoms with Crippen LogP contribution in [0.5, 0.6) is 0 Å². The highest BCUT2D eigenvalue weighted by Gasteiger charge is 2.40. The van der Waals surface area contributed by atoms with E-state index in [0.717, 1.165) is 41.5 Å². The molecule has 2 aromatic carbocycles. The topological polar surface area (TPSA) is 105 Å². The molecule has 2 aromatic rings. The van der Waals surface area contributed by atoms with Crippen molar-refractivity contribution in [3.8, 4) is 11.1 Å². The molecular weight excluding hydrogens is 432 g/mol. The smallest absolute Gasteiger partial charge is 0.407 e. The first-order chi connectivity index (χ1) is 16.3. The number of hydrogen-bond donors (Lipinski definition) is 3. The highest BCUT2D eigenvalue weighted by Crippen LogP contribution is 2.45. The van der Waals surface area contributed by atoms with Gasteiger partial charge in [0.2, 0.25) is 5.91 Å². The zero-order chi connectivity index (χ0) is 24.3. The summed E-state index contributed by atoms with van der Waals surface area (Å²) in [5, 5.41) is 14.8. The van der Waals surface area contributed by atoms with E-state index in [9.17, 15) is 19.5 Å². The number of aliphatic carboxylic acids is 1. The van der Waals surface area contributed by atoms with Gasteiger partial charge in [-0.05, 0) is 46.4 Å². The number of rotatable bonds is 9. The summed E-state index contributed by atoms with van der Waals surface area (Å²) in [5.74, 6) is -1.39. The molecule has 0 heterocycles. The van der Waals surface area contributed by atoms with Gasteiger partial charge in [-0.2, -0.15) is 0 Å². The van der Waals surface area contributed by atoms with Crippen LogP contribution in [-0.2, 0) is 14.3 Å². The Bertz CT molecular complexity index is 1030. The van der Waals surface area contributed by atoms with Crippen LogP contribution in [0.25, 0.3) is 11.1 Å². The Morgan fingerprint density at radius 2 is 1.62 bits per heavy atom. The Hall–Kier alpha value is -3.35. The van der Waals surface area contributed by atoms with Crippen LogP contribution in [0.3, 0.4) is 0 Å². The Balaban J connectivity index is 1.36. The number of carboxylic acid groups (broad SMARTS) is 1. The molecule has 1 saturated carbocycles. The molecule has 0 spiro atoms. The van der Waals surface area contributed by atoms with Crippen molar-refractivity contribution in [2.45, 2.75) is 51.5 Å². The monoisotopic (exact) mass is 464 g/mol. The van der Waals surface area contributed by atoms with Crippen LogP contribution in [0.4, 0.5) is 4.79 Å². The summed E-state index contributed by atoms with van der Waals surface area (Å²) in [7, 11) is 0. The quantitative estimate of drug-likeness (QED) is 0.513. The molecule has 7 heteroatoms. The summed E-state index contributed by atoms with van der Waals surface area (Å²) in [6.45, 7) is 4.18. The number of carbonyl (C=O) groups is 3. The molecule has 2 aliphatic carbocycles. The van der Waals surface area contributed by atoms with Gasteiger partial charge in [0, 0.05) is 12.5 Å². The molecule has 3 N–H and O–H groups in total. The number of fused-ring (bicyclic) bond motifs is 3. The van der Waals surface area contributed by atoms with Gasteiger partial charge in [0.15, 0.2) is 0 Å². The maximum absolute atomic E-state index is 12.9. The lowest BCUT2D eigenvalue weighted by Gasteiger charge is -2.41. The van der Waals surface area contributed by atoms with E-state index in [4.69, 9.17) is 4.74 Å². The summed E-state index contributed by atoms with van der Waals surface area (Å²) in [5.41, 5.74) is 4.17. The largest absolute Gasteiger partial charge is 0.481 e. The number of hydrogen-bond acceptors (Lipinski definition) is 4. The Morgan fingerprint density at radius 1 is 1.03 bits per heavy atom. The molecule has 4 rings (SSSR count). The van der Waals surface area contributed by atoms with E-state index in [1.165, 1.54) is 0 Å².